The fourth-order valence-electron chi connectivity index (χ4n) is 4.53. The smallest absolute Gasteiger partial charge is 0.425 e. The summed E-state index contributed by atoms with van der Waals surface area (Å²) in [7, 11) is 0. The standard InChI is InChI=1S/C36H35F3O5/c1-2-3-4-5-9-12-33(36(37,38)39)44-35(41)30-19-23-32(24-20-30)43-34(40)29-15-13-27(14-16-29)28-17-21-31(22-18-28)42-25-26-10-7-6-8-11-26/h6-8,10-11,13-24,33H,2-5,9,12,25H2,1H3/t33-/m0/s1. The lowest BCUT2D eigenvalue weighted by atomic mass is 10.0. The molecule has 0 radical (unpaired) electrons. The van der Waals surface area contributed by atoms with Crippen LogP contribution in [0.25, 0.3) is 11.1 Å². The Morgan fingerprint density at radius 1 is 0.659 bits per heavy atom. The van der Waals surface area contributed by atoms with Gasteiger partial charge < -0.3 is 14.2 Å². The van der Waals surface area contributed by atoms with Crippen LogP contribution in [-0.2, 0) is 11.3 Å². The summed E-state index contributed by atoms with van der Waals surface area (Å²) in [6.07, 6.45) is -3.32. The van der Waals surface area contributed by atoms with Crippen LogP contribution in [0.3, 0.4) is 0 Å². The molecular weight excluding hydrogens is 569 g/mol. The third-order valence-electron chi connectivity index (χ3n) is 7.04. The fraction of sp³-hybridized carbons (Fsp3) is 0.278. The van der Waals surface area contributed by atoms with Gasteiger partial charge in [0.15, 0.2) is 6.10 Å². The van der Waals surface area contributed by atoms with Crippen LogP contribution >= 0.6 is 0 Å². The molecule has 4 aromatic carbocycles. The van der Waals surface area contributed by atoms with Crippen molar-refractivity contribution in [3.63, 3.8) is 0 Å². The predicted octanol–water partition coefficient (Wildman–Crippen LogP) is 9.60. The lowest BCUT2D eigenvalue weighted by molar-refractivity contribution is -0.206. The summed E-state index contributed by atoms with van der Waals surface area (Å²) < 4.78 is 56.3. The number of alkyl halides is 3. The van der Waals surface area contributed by atoms with Gasteiger partial charge >= 0.3 is 18.1 Å². The highest BCUT2D eigenvalue weighted by atomic mass is 19.4. The van der Waals surface area contributed by atoms with Gasteiger partial charge in [0.25, 0.3) is 0 Å². The SMILES string of the molecule is CCCCCCC[C@H](OC(=O)c1ccc(OC(=O)c2ccc(-c3ccc(OCc4ccccc4)cc3)cc2)cc1)C(F)(F)F. The first kappa shape index (κ1) is 32.3. The van der Waals surface area contributed by atoms with E-state index in [-0.39, 0.29) is 17.7 Å². The molecule has 1 atom stereocenters. The molecule has 44 heavy (non-hydrogen) atoms. The normalized spacial score (nSPS) is 11.9. The first-order valence-corrected chi connectivity index (χ1v) is 14.7. The Morgan fingerprint density at radius 3 is 1.82 bits per heavy atom. The Morgan fingerprint density at radius 2 is 1.20 bits per heavy atom. The summed E-state index contributed by atoms with van der Waals surface area (Å²) >= 11 is 0. The largest absolute Gasteiger partial charge is 0.489 e. The minimum absolute atomic E-state index is 0.0640. The fourth-order valence-corrected chi connectivity index (χ4v) is 4.53. The van der Waals surface area contributed by atoms with Gasteiger partial charge in [-0.2, -0.15) is 13.2 Å². The van der Waals surface area contributed by atoms with E-state index < -0.39 is 24.2 Å². The van der Waals surface area contributed by atoms with Crippen molar-refractivity contribution in [1.29, 1.82) is 0 Å². The number of esters is 2. The first-order valence-electron chi connectivity index (χ1n) is 14.7. The van der Waals surface area contributed by atoms with Gasteiger partial charge in [-0.15, -0.1) is 0 Å². The van der Waals surface area contributed by atoms with Gasteiger partial charge in [-0.05, 0) is 78.1 Å². The van der Waals surface area contributed by atoms with Crippen LogP contribution in [-0.4, -0.2) is 24.2 Å². The molecule has 0 aliphatic rings. The van der Waals surface area contributed by atoms with Crippen molar-refractivity contribution in [2.45, 2.75) is 64.3 Å². The third-order valence-corrected chi connectivity index (χ3v) is 7.04. The van der Waals surface area contributed by atoms with Crippen LogP contribution in [0.5, 0.6) is 11.5 Å². The van der Waals surface area contributed by atoms with Gasteiger partial charge in [0.2, 0.25) is 0 Å². The van der Waals surface area contributed by atoms with E-state index in [9.17, 15) is 22.8 Å². The number of ether oxygens (including phenoxy) is 3. The Kier molecular flexibility index (Phi) is 11.6. The molecule has 0 N–H and O–H groups in total. The molecule has 0 amide bonds. The summed E-state index contributed by atoms with van der Waals surface area (Å²) in [5.41, 5.74) is 3.18. The molecule has 0 saturated heterocycles. The molecule has 0 spiro atoms. The Bertz CT molecular complexity index is 1470. The molecule has 4 aromatic rings. The van der Waals surface area contributed by atoms with Crippen molar-refractivity contribution in [3.05, 3.63) is 120 Å². The second-order valence-corrected chi connectivity index (χ2v) is 10.4. The maximum atomic E-state index is 13.4. The van der Waals surface area contributed by atoms with Crippen LogP contribution in [0, 0.1) is 0 Å². The number of unbranched alkanes of at least 4 members (excludes halogenated alkanes) is 4. The maximum Gasteiger partial charge on any atom is 0.425 e. The van der Waals surface area contributed by atoms with Crippen LogP contribution in [0.4, 0.5) is 13.2 Å². The highest BCUT2D eigenvalue weighted by molar-refractivity contribution is 5.92. The second-order valence-electron chi connectivity index (χ2n) is 10.4. The lowest BCUT2D eigenvalue weighted by Gasteiger charge is -2.20. The van der Waals surface area contributed by atoms with Crippen LogP contribution in [0.1, 0.15) is 71.7 Å². The molecular formula is C36H35F3O5. The molecule has 0 unspecified atom stereocenters. The third kappa shape index (κ3) is 9.73. The first-order chi connectivity index (χ1) is 21.2. The van der Waals surface area contributed by atoms with E-state index in [0.29, 0.717) is 25.0 Å². The number of hydrogen-bond donors (Lipinski definition) is 0. The Labute approximate surface area is 255 Å². The second kappa shape index (κ2) is 15.8. The minimum atomic E-state index is -4.65. The molecule has 5 nitrogen and oxygen atoms in total. The number of carbonyl (C=O) groups excluding carboxylic acids is 2. The zero-order valence-corrected chi connectivity index (χ0v) is 24.5. The average Bonchev–Trinajstić information content (AvgIpc) is 3.03. The van der Waals surface area contributed by atoms with Crippen LogP contribution in [0.2, 0.25) is 0 Å². The van der Waals surface area contributed by atoms with E-state index in [1.807, 2.05) is 61.5 Å². The molecule has 0 saturated carbocycles. The predicted molar refractivity (Wildman–Crippen MR) is 163 cm³/mol. The summed E-state index contributed by atoms with van der Waals surface area (Å²) in [6, 6.07) is 29.7. The zero-order chi connectivity index (χ0) is 31.4. The average molecular weight is 605 g/mol. The molecule has 0 aliphatic heterocycles. The van der Waals surface area contributed by atoms with E-state index in [4.69, 9.17) is 14.2 Å². The van der Waals surface area contributed by atoms with Crippen LogP contribution < -0.4 is 9.47 Å². The number of halogens is 3. The van der Waals surface area contributed by atoms with Crippen molar-refractivity contribution in [2.24, 2.45) is 0 Å². The van der Waals surface area contributed by atoms with Crippen molar-refractivity contribution >= 4 is 11.9 Å². The highest BCUT2D eigenvalue weighted by Crippen LogP contribution is 2.29. The molecule has 0 fully saturated rings. The summed E-state index contributed by atoms with van der Waals surface area (Å²) in [5.74, 6) is -0.804. The van der Waals surface area contributed by atoms with Gasteiger partial charge in [-0.3, -0.25) is 0 Å². The Hall–Kier alpha value is -4.59. The number of benzene rings is 4. The van der Waals surface area contributed by atoms with E-state index in [2.05, 4.69) is 0 Å². The number of rotatable bonds is 14. The number of carbonyl (C=O) groups is 2. The maximum absolute atomic E-state index is 13.4. The highest BCUT2D eigenvalue weighted by Gasteiger charge is 2.42. The van der Waals surface area contributed by atoms with Gasteiger partial charge in [-0.1, -0.05) is 87.2 Å². The van der Waals surface area contributed by atoms with Gasteiger partial charge in [0.05, 0.1) is 11.1 Å². The van der Waals surface area contributed by atoms with E-state index in [1.165, 1.54) is 24.3 Å². The monoisotopic (exact) mass is 604 g/mol. The molecule has 0 aliphatic carbocycles. The van der Waals surface area contributed by atoms with E-state index >= 15 is 0 Å². The quantitative estimate of drug-likeness (QED) is 0.0815. The van der Waals surface area contributed by atoms with Crippen molar-refractivity contribution in [3.8, 4) is 22.6 Å². The van der Waals surface area contributed by atoms with E-state index in [0.717, 1.165) is 41.7 Å². The van der Waals surface area contributed by atoms with Crippen molar-refractivity contribution in [1.82, 2.24) is 0 Å². The lowest BCUT2D eigenvalue weighted by Crippen LogP contribution is -2.33. The van der Waals surface area contributed by atoms with E-state index in [1.54, 1.807) is 24.3 Å². The Balaban J connectivity index is 1.29. The van der Waals surface area contributed by atoms with Gasteiger partial charge in [0, 0.05) is 0 Å². The van der Waals surface area contributed by atoms with Gasteiger partial charge in [0.1, 0.15) is 18.1 Å². The van der Waals surface area contributed by atoms with Crippen molar-refractivity contribution in [2.75, 3.05) is 0 Å². The molecule has 4 rings (SSSR count). The summed E-state index contributed by atoms with van der Waals surface area (Å²) in [6.45, 7) is 2.50. The summed E-state index contributed by atoms with van der Waals surface area (Å²) in [4.78, 5) is 25.1. The van der Waals surface area contributed by atoms with Crippen molar-refractivity contribution < 1.29 is 37.0 Å². The summed E-state index contributed by atoms with van der Waals surface area (Å²) in [5, 5.41) is 0. The molecule has 0 bridgehead atoms. The topological polar surface area (TPSA) is 61.8 Å². The molecule has 230 valence electrons. The van der Waals surface area contributed by atoms with Gasteiger partial charge in [-0.25, -0.2) is 9.59 Å². The molecule has 0 aromatic heterocycles. The minimum Gasteiger partial charge on any atom is -0.489 e. The zero-order valence-electron chi connectivity index (χ0n) is 24.5. The van der Waals surface area contributed by atoms with Crippen LogP contribution in [0.15, 0.2) is 103 Å². The number of hydrogen-bond acceptors (Lipinski definition) is 5. The molecule has 0 heterocycles. The molecule has 8 heteroatoms.